The lowest BCUT2D eigenvalue weighted by molar-refractivity contribution is -0.128. The van der Waals surface area contributed by atoms with Crippen LogP contribution in [-0.2, 0) is 11.3 Å². The van der Waals surface area contributed by atoms with Crippen molar-refractivity contribution in [3.63, 3.8) is 0 Å². The van der Waals surface area contributed by atoms with Gasteiger partial charge in [-0.05, 0) is 31.5 Å². The number of nitrogens with one attached hydrogen (secondary N) is 2. The fourth-order valence-corrected chi connectivity index (χ4v) is 2.24. The number of rotatable bonds is 5. The fraction of sp³-hybridized carbons (Fsp3) is 0.375. The van der Waals surface area contributed by atoms with Crippen LogP contribution in [0.25, 0.3) is 10.9 Å². The van der Waals surface area contributed by atoms with Crippen LogP contribution in [0.1, 0.15) is 19.4 Å². The smallest absolute Gasteiger partial charge is 0.226 e. The van der Waals surface area contributed by atoms with Crippen molar-refractivity contribution in [1.29, 1.82) is 0 Å². The van der Waals surface area contributed by atoms with E-state index in [4.69, 9.17) is 0 Å². The van der Waals surface area contributed by atoms with Crippen LogP contribution in [0.4, 0.5) is 0 Å². The molecule has 0 atom stereocenters. The summed E-state index contributed by atoms with van der Waals surface area (Å²) in [6.45, 7) is 5.22. The number of carbonyl (C=O) groups is 1. The van der Waals surface area contributed by atoms with Gasteiger partial charge in [-0.25, -0.2) is 0 Å². The molecule has 0 radical (unpaired) electrons. The van der Waals surface area contributed by atoms with Crippen molar-refractivity contribution < 1.29 is 4.79 Å². The third-order valence-corrected chi connectivity index (χ3v) is 3.46. The molecule has 20 heavy (non-hydrogen) atoms. The highest BCUT2D eigenvalue weighted by atomic mass is 16.2. The number of nitrogens with zero attached hydrogens (tertiary/aromatic N) is 1. The summed E-state index contributed by atoms with van der Waals surface area (Å²) >= 11 is 0. The second kappa shape index (κ2) is 6.01. The summed E-state index contributed by atoms with van der Waals surface area (Å²) in [7, 11) is 1.67. The Bertz CT molecular complexity index is 602. The summed E-state index contributed by atoms with van der Waals surface area (Å²) in [4.78, 5) is 16.1. The third-order valence-electron chi connectivity index (χ3n) is 3.46. The lowest BCUT2D eigenvalue weighted by Crippen LogP contribution is -2.41. The highest BCUT2D eigenvalue weighted by Gasteiger charge is 2.25. The lowest BCUT2D eigenvalue weighted by Gasteiger charge is -2.23. The number of pyridine rings is 1. The van der Waals surface area contributed by atoms with E-state index in [1.165, 1.54) is 5.56 Å². The molecule has 0 aliphatic carbocycles. The van der Waals surface area contributed by atoms with Crippen LogP contribution in [0.2, 0.25) is 0 Å². The number of benzene rings is 1. The quantitative estimate of drug-likeness (QED) is 0.875. The predicted molar refractivity (Wildman–Crippen MR) is 81.3 cm³/mol. The molecule has 0 aliphatic rings. The molecule has 1 aromatic heterocycles. The molecule has 106 valence electrons. The Balaban J connectivity index is 2.05. The van der Waals surface area contributed by atoms with Crippen molar-refractivity contribution in [3.8, 4) is 0 Å². The zero-order valence-electron chi connectivity index (χ0n) is 12.2. The molecule has 0 unspecified atom stereocenters. The van der Waals surface area contributed by atoms with Crippen LogP contribution in [0.3, 0.4) is 0 Å². The summed E-state index contributed by atoms with van der Waals surface area (Å²) in [5, 5.41) is 7.21. The van der Waals surface area contributed by atoms with E-state index >= 15 is 0 Å². The van der Waals surface area contributed by atoms with Crippen LogP contribution in [0, 0.1) is 5.41 Å². The van der Waals surface area contributed by atoms with E-state index in [2.05, 4.69) is 21.7 Å². The zero-order valence-corrected chi connectivity index (χ0v) is 12.2. The number of amides is 1. The average Bonchev–Trinajstić information content (AvgIpc) is 2.46. The number of hydrogen-bond donors (Lipinski definition) is 2. The highest BCUT2D eigenvalue weighted by Crippen LogP contribution is 2.17. The first kappa shape index (κ1) is 14.5. The molecule has 0 saturated heterocycles. The number of para-hydroxylation sites is 1. The SMILES string of the molecule is CNC(=O)C(C)(C)CNCc1ccnc2ccccc12. The largest absolute Gasteiger partial charge is 0.359 e. The Morgan fingerprint density at radius 1 is 1.25 bits per heavy atom. The van der Waals surface area contributed by atoms with Gasteiger partial charge in [-0.15, -0.1) is 0 Å². The maximum atomic E-state index is 11.7. The van der Waals surface area contributed by atoms with E-state index in [-0.39, 0.29) is 5.91 Å². The van der Waals surface area contributed by atoms with E-state index in [0.717, 1.165) is 17.4 Å². The molecule has 4 heteroatoms. The molecule has 0 saturated carbocycles. The molecule has 1 heterocycles. The van der Waals surface area contributed by atoms with Gasteiger partial charge >= 0.3 is 0 Å². The van der Waals surface area contributed by atoms with Gasteiger partial charge in [0.1, 0.15) is 0 Å². The molecule has 4 nitrogen and oxygen atoms in total. The van der Waals surface area contributed by atoms with Crippen LogP contribution in [0.15, 0.2) is 36.5 Å². The summed E-state index contributed by atoms with van der Waals surface area (Å²) in [5.74, 6) is 0.0459. The minimum absolute atomic E-state index is 0.0459. The van der Waals surface area contributed by atoms with E-state index in [0.29, 0.717) is 6.54 Å². The molecular formula is C16H21N3O. The third kappa shape index (κ3) is 3.14. The van der Waals surface area contributed by atoms with Gasteiger partial charge in [0.2, 0.25) is 5.91 Å². The number of hydrogen-bond acceptors (Lipinski definition) is 3. The molecule has 2 aromatic rings. The molecule has 0 bridgehead atoms. The normalized spacial score (nSPS) is 11.6. The summed E-state index contributed by atoms with van der Waals surface area (Å²) in [6, 6.07) is 10.1. The van der Waals surface area contributed by atoms with Gasteiger partial charge in [0.05, 0.1) is 10.9 Å². The molecule has 0 spiro atoms. The summed E-state index contributed by atoms with van der Waals surface area (Å²) < 4.78 is 0. The first-order chi connectivity index (χ1) is 9.54. The van der Waals surface area contributed by atoms with Crippen molar-refractivity contribution in [3.05, 3.63) is 42.1 Å². The van der Waals surface area contributed by atoms with Crippen molar-refractivity contribution in [2.75, 3.05) is 13.6 Å². The van der Waals surface area contributed by atoms with Gasteiger partial charge in [0.15, 0.2) is 0 Å². The minimum Gasteiger partial charge on any atom is -0.359 e. The van der Waals surface area contributed by atoms with Gasteiger partial charge in [-0.3, -0.25) is 9.78 Å². The van der Waals surface area contributed by atoms with Gasteiger partial charge in [-0.1, -0.05) is 18.2 Å². The van der Waals surface area contributed by atoms with Crippen LogP contribution in [-0.4, -0.2) is 24.5 Å². The molecule has 1 amide bonds. The number of fused-ring (bicyclic) bond motifs is 1. The highest BCUT2D eigenvalue weighted by molar-refractivity contribution is 5.82. The van der Waals surface area contributed by atoms with E-state index in [1.54, 1.807) is 7.05 Å². The van der Waals surface area contributed by atoms with Gasteiger partial charge < -0.3 is 10.6 Å². The van der Waals surface area contributed by atoms with Gasteiger partial charge in [-0.2, -0.15) is 0 Å². The van der Waals surface area contributed by atoms with Crippen molar-refractivity contribution in [2.24, 2.45) is 5.41 Å². The second-order valence-corrected chi connectivity index (χ2v) is 5.55. The summed E-state index contributed by atoms with van der Waals surface area (Å²) in [6.07, 6.45) is 1.82. The monoisotopic (exact) mass is 271 g/mol. The first-order valence-electron chi connectivity index (χ1n) is 6.80. The Labute approximate surface area is 119 Å². The first-order valence-corrected chi connectivity index (χ1v) is 6.80. The second-order valence-electron chi connectivity index (χ2n) is 5.55. The Morgan fingerprint density at radius 2 is 2.00 bits per heavy atom. The van der Waals surface area contributed by atoms with Gasteiger partial charge in [0, 0.05) is 31.7 Å². The predicted octanol–water partition coefficient (Wildman–Crippen LogP) is 2.10. The number of aromatic nitrogens is 1. The minimum atomic E-state index is -0.419. The van der Waals surface area contributed by atoms with Crippen LogP contribution in [0.5, 0.6) is 0 Å². The van der Waals surface area contributed by atoms with E-state index in [1.807, 2.05) is 44.3 Å². The van der Waals surface area contributed by atoms with E-state index < -0.39 is 5.41 Å². The zero-order chi connectivity index (χ0) is 14.6. The van der Waals surface area contributed by atoms with Crippen LogP contribution >= 0.6 is 0 Å². The van der Waals surface area contributed by atoms with Crippen LogP contribution < -0.4 is 10.6 Å². The molecule has 0 aliphatic heterocycles. The topological polar surface area (TPSA) is 54.0 Å². The maximum absolute atomic E-state index is 11.7. The molecule has 2 N–H and O–H groups in total. The average molecular weight is 271 g/mol. The molecular weight excluding hydrogens is 250 g/mol. The Morgan fingerprint density at radius 3 is 2.75 bits per heavy atom. The number of carbonyl (C=O) groups excluding carboxylic acids is 1. The Hall–Kier alpha value is -1.94. The molecule has 0 fully saturated rings. The standard InChI is InChI=1S/C16H21N3O/c1-16(2,15(20)17-3)11-18-10-12-8-9-19-14-7-5-4-6-13(12)14/h4-9,18H,10-11H2,1-3H3,(H,17,20). The van der Waals surface area contributed by atoms with Crippen molar-refractivity contribution in [1.82, 2.24) is 15.6 Å². The summed E-state index contributed by atoms with van der Waals surface area (Å²) in [5.41, 5.74) is 1.78. The van der Waals surface area contributed by atoms with E-state index in [9.17, 15) is 4.79 Å². The van der Waals surface area contributed by atoms with Crippen molar-refractivity contribution >= 4 is 16.8 Å². The molecule has 1 aromatic carbocycles. The molecule has 2 rings (SSSR count). The lowest BCUT2D eigenvalue weighted by atomic mass is 9.92. The van der Waals surface area contributed by atoms with Gasteiger partial charge in [0.25, 0.3) is 0 Å². The van der Waals surface area contributed by atoms with Crippen molar-refractivity contribution in [2.45, 2.75) is 20.4 Å². The fourth-order valence-electron chi connectivity index (χ4n) is 2.24. The maximum Gasteiger partial charge on any atom is 0.226 e. The Kier molecular flexibility index (Phi) is 4.35.